The number of carbonyl (C=O) groups is 1. The average molecular weight is 396 g/mol. The number of aromatic nitrogens is 3. The van der Waals surface area contributed by atoms with Crippen LogP contribution in [0, 0.1) is 5.82 Å². The molecule has 1 fully saturated rings. The maximum Gasteiger partial charge on any atom is 0.293 e. The number of hydrogen-bond acceptors (Lipinski definition) is 4. The van der Waals surface area contributed by atoms with Crippen molar-refractivity contribution in [2.24, 2.45) is 0 Å². The lowest BCUT2D eigenvalue weighted by Gasteiger charge is -2.26. The molecule has 8 heteroatoms. The second-order valence-electron chi connectivity index (χ2n) is 6.96. The van der Waals surface area contributed by atoms with Gasteiger partial charge >= 0.3 is 0 Å². The van der Waals surface area contributed by atoms with E-state index in [0.29, 0.717) is 18.1 Å². The topological polar surface area (TPSA) is 63.1 Å². The van der Waals surface area contributed by atoms with Gasteiger partial charge in [-0.25, -0.2) is 14.1 Å². The van der Waals surface area contributed by atoms with Gasteiger partial charge in [0.2, 0.25) is 5.82 Å². The van der Waals surface area contributed by atoms with E-state index in [2.05, 4.69) is 15.4 Å². The number of halogens is 2. The summed E-state index contributed by atoms with van der Waals surface area (Å²) in [5.41, 5.74) is 0.312. The highest BCUT2D eigenvalue weighted by atomic mass is 35.5. The number of hydrogen-bond donors (Lipinski definition) is 1. The number of rotatable bonds is 6. The zero-order chi connectivity index (χ0) is 18.7. The molecule has 0 radical (unpaired) electrons. The molecule has 3 rings (SSSR count). The predicted octanol–water partition coefficient (Wildman–Crippen LogP) is 3.17. The van der Waals surface area contributed by atoms with Gasteiger partial charge in [-0.3, -0.25) is 4.79 Å². The van der Waals surface area contributed by atoms with E-state index in [1.165, 1.54) is 10.7 Å². The predicted molar refractivity (Wildman–Crippen MR) is 105 cm³/mol. The summed E-state index contributed by atoms with van der Waals surface area (Å²) in [4.78, 5) is 19.4. The fraction of sp³-hybridized carbons (Fsp3) is 0.526. The average Bonchev–Trinajstić information content (AvgIpc) is 3.29. The van der Waals surface area contributed by atoms with Crippen LogP contribution in [0.5, 0.6) is 0 Å². The highest BCUT2D eigenvalue weighted by Gasteiger charge is 2.30. The Morgan fingerprint density at radius 1 is 1.41 bits per heavy atom. The van der Waals surface area contributed by atoms with Crippen molar-refractivity contribution in [2.75, 3.05) is 19.6 Å². The Labute approximate surface area is 165 Å². The third-order valence-electron chi connectivity index (χ3n) is 4.62. The van der Waals surface area contributed by atoms with E-state index in [9.17, 15) is 9.18 Å². The highest BCUT2D eigenvalue weighted by Crippen LogP contribution is 2.21. The molecule has 1 aliphatic rings. The van der Waals surface area contributed by atoms with Crippen LogP contribution in [0.1, 0.15) is 56.0 Å². The maximum atomic E-state index is 14.3. The summed E-state index contributed by atoms with van der Waals surface area (Å²) in [6, 6.07) is 6.57. The van der Waals surface area contributed by atoms with Gasteiger partial charge in [0.15, 0.2) is 0 Å². The first-order chi connectivity index (χ1) is 12.5. The van der Waals surface area contributed by atoms with Gasteiger partial charge in [-0.2, -0.15) is 0 Å². The molecule has 1 aromatic carbocycles. The SMILES string of the molecule is CCCN(C(=O)c1nc(C(C)C)n(-c2ccccc2F)n1)C1CCNC1.Cl. The molecule has 0 aliphatic carbocycles. The third-order valence-corrected chi connectivity index (χ3v) is 4.62. The molecule has 1 saturated heterocycles. The van der Waals surface area contributed by atoms with Gasteiger partial charge in [-0.1, -0.05) is 32.9 Å². The van der Waals surface area contributed by atoms with Crippen molar-refractivity contribution < 1.29 is 9.18 Å². The molecule has 1 aliphatic heterocycles. The van der Waals surface area contributed by atoms with E-state index in [4.69, 9.17) is 0 Å². The molecule has 2 aromatic rings. The van der Waals surface area contributed by atoms with Crippen molar-refractivity contribution in [1.82, 2.24) is 25.0 Å². The molecule has 0 bridgehead atoms. The van der Waals surface area contributed by atoms with E-state index in [-0.39, 0.29) is 41.9 Å². The molecule has 1 unspecified atom stereocenters. The first kappa shape index (κ1) is 21.3. The minimum Gasteiger partial charge on any atom is -0.332 e. The molecule has 0 saturated carbocycles. The second-order valence-corrected chi connectivity index (χ2v) is 6.96. The molecular weight excluding hydrogens is 369 g/mol. The summed E-state index contributed by atoms with van der Waals surface area (Å²) in [7, 11) is 0. The molecule has 1 aromatic heterocycles. The van der Waals surface area contributed by atoms with Crippen molar-refractivity contribution >= 4 is 18.3 Å². The van der Waals surface area contributed by atoms with Crippen molar-refractivity contribution in [3.63, 3.8) is 0 Å². The third kappa shape index (κ3) is 4.47. The Morgan fingerprint density at radius 3 is 2.74 bits per heavy atom. The number of amides is 1. The Hall–Kier alpha value is -1.99. The van der Waals surface area contributed by atoms with E-state index in [1.807, 2.05) is 25.7 Å². The lowest BCUT2D eigenvalue weighted by atomic mass is 10.2. The Kier molecular flexibility index (Phi) is 7.33. The largest absolute Gasteiger partial charge is 0.332 e. The fourth-order valence-electron chi connectivity index (χ4n) is 3.31. The van der Waals surface area contributed by atoms with Crippen LogP contribution in [0.4, 0.5) is 4.39 Å². The first-order valence-electron chi connectivity index (χ1n) is 9.26. The van der Waals surface area contributed by atoms with Gasteiger partial charge in [-0.05, 0) is 31.5 Å². The minimum atomic E-state index is -0.385. The van der Waals surface area contributed by atoms with Crippen molar-refractivity contribution in [1.29, 1.82) is 0 Å². The van der Waals surface area contributed by atoms with Crippen LogP contribution >= 0.6 is 12.4 Å². The summed E-state index contributed by atoms with van der Waals surface area (Å²) in [5, 5.41) is 7.69. The number of nitrogens with one attached hydrogen (secondary N) is 1. The molecule has 2 heterocycles. The van der Waals surface area contributed by atoms with Crippen LogP contribution in [-0.4, -0.2) is 51.2 Å². The van der Waals surface area contributed by atoms with Crippen LogP contribution in [0.25, 0.3) is 5.69 Å². The van der Waals surface area contributed by atoms with Gasteiger partial charge in [0.25, 0.3) is 5.91 Å². The summed E-state index contributed by atoms with van der Waals surface area (Å²) >= 11 is 0. The van der Waals surface area contributed by atoms with Crippen molar-refractivity contribution in [3.05, 3.63) is 41.7 Å². The summed E-state index contributed by atoms with van der Waals surface area (Å²) in [6.45, 7) is 8.33. The van der Waals surface area contributed by atoms with Gasteiger partial charge in [0.1, 0.15) is 17.3 Å². The molecule has 6 nitrogen and oxygen atoms in total. The Balaban J connectivity index is 0.00000261. The highest BCUT2D eigenvalue weighted by molar-refractivity contribution is 5.90. The standard InChI is InChI=1S/C19H26FN5O.ClH/c1-4-11-24(14-9-10-21-12-14)19(26)17-22-18(13(2)3)25(23-17)16-8-6-5-7-15(16)20;/h5-8,13-14,21H,4,9-12H2,1-3H3;1H. The zero-order valence-corrected chi connectivity index (χ0v) is 16.8. The normalized spacial score (nSPS) is 16.4. The zero-order valence-electron chi connectivity index (χ0n) is 16.0. The van der Waals surface area contributed by atoms with E-state index >= 15 is 0 Å². The van der Waals surface area contributed by atoms with E-state index in [1.54, 1.807) is 18.2 Å². The summed E-state index contributed by atoms with van der Waals surface area (Å²) in [6.07, 6.45) is 1.80. The molecule has 0 spiro atoms. The smallest absolute Gasteiger partial charge is 0.293 e. The molecule has 27 heavy (non-hydrogen) atoms. The molecule has 1 amide bonds. The van der Waals surface area contributed by atoms with Crippen LogP contribution in [-0.2, 0) is 0 Å². The minimum absolute atomic E-state index is 0. The lowest BCUT2D eigenvalue weighted by molar-refractivity contribution is 0.0679. The Morgan fingerprint density at radius 2 is 2.15 bits per heavy atom. The molecule has 1 N–H and O–H groups in total. The number of carbonyl (C=O) groups excluding carboxylic acids is 1. The van der Waals surface area contributed by atoms with Crippen LogP contribution in [0.3, 0.4) is 0 Å². The molecule has 148 valence electrons. The Bertz CT molecular complexity index is 773. The van der Waals surface area contributed by atoms with Gasteiger partial charge in [0.05, 0.1) is 0 Å². The lowest BCUT2D eigenvalue weighted by Crippen LogP contribution is -2.42. The number of nitrogens with zero attached hydrogens (tertiary/aromatic N) is 4. The summed E-state index contributed by atoms with van der Waals surface area (Å²) < 4.78 is 15.7. The van der Waals surface area contributed by atoms with Gasteiger partial charge in [-0.15, -0.1) is 17.5 Å². The van der Waals surface area contributed by atoms with Crippen molar-refractivity contribution in [3.8, 4) is 5.69 Å². The van der Waals surface area contributed by atoms with Crippen LogP contribution in [0.15, 0.2) is 24.3 Å². The number of para-hydroxylation sites is 1. The van der Waals surface area contributed by atoms with E-state index in [0.717, 1.165) is 25.9 Å². The summed E-state index contributed by atoms with van der Waals surface area (Å²) in [5.74, 6) is 0.162. The van der Waals surface area contributed by atoms with Gasteiger partial charge in [0, 0.05) is 25.0 Å². The quantitative estimate of drug-likeness (QED) is 0.816. The molecular formula is C19H27ClFN5O. The monoisotopic (exact) mass is 395 g/mol. The fourth-order valence-corrected chi connectivity index (χ4v) is 3.31. The first-order valence-corrected chi connectivity index (χ1v) is 9.26. The van der Waals surface area contributed by atoms with Gasteiger partial charge < -0.3 is 10.2 Å². The molecule has 1 atom stereocenters. The van der Waals surface area contributed by atoms with E-state index < -0.39 is 0 Å². The maximum absolute atomic E-state index is 14.3. The van der Waals surface area contributed by atoms with Crippen LogP contribution < -0.4 is 5.32 Å². The second kappa shape index (κ2) is 9.28. The number of benzene rings is 1. The van der Waals surface area contributed by atoms with Crippen molar-refractivity contribution in [2.45, 2.75) is 45.6 Å². The van der Waals surface area contributed by atoms with Crippen LogP contribution in [0.2, 0.25) is 0 Å².